The van der Waals surface area contributed by atoms with E-state index in [0.717, 1.165) is 12.5 Å². The lowest BCUT2D eigenvalue weighted by molar-refractivity contribution is 0.0657. The number of benzene rings is 1. The second kappa shape index (κ2) is 12.2. The van der Waals surface area contributed by atoms with Gasteiger partial charge in [-0.1, -0.05) is 18.2 Å². The Bertz CT molecular complexity index is 818. The molecule has 2 amide bonds. The summed E-state index contributed by atoms with van der Waals surface area (Å²) in [7, 11) is 0. The van der Waals surface area contributed by atoms with Crippen LogP contribution in [0.15, 0.2) is 58.1 Å². The van der Waals surface area contributed by atoms with Crippen LogP contribution in [0, 0.1) is 0 Å². The number of amides is 2. The molecule has 0 radical (unpaired) electrons. The predicted octanol–water partition coefficient (Wildman–Crippen LogP) is 2.05. The number of hydrogen-bond acceptors (Lipinski definition) is 4. The summed E-state index contributed by atoms with van der Waals surface area (Å²) in [6, 6.07) is 12.5. The number of aliphatic imine (C=N–C) groups is 1. The van der Waals surface area contributed by atoms with Crippen molar-refractivity contribution in [2.45, 2.75) is 6.92 Å². The third kappa shape index (κ3) is 6.48. The number of halogens is 1. The van der Waals surface area contributed by atoms with Crippen LogP contribution in [-0.2, 0) is 0 Å². The van der Waals surface area contributed by atoms with E-state index in [1.807, 2.05) is 25.1 Å². The van der Waals surface area contributed by atoms with E-state index in [1.54, 1.807) is 29.2 Å². The first-order valence-electron chi connectivity index (χ1n) is 9.88. The van der Waals surface area contributed by atoms with Gasteiger partial charge in [0.1, 0.15) is 0 Å². The van der Waals surface area contributed by atoms with E-state index < -0.39 is 0 Å². The van der Waals surface area contributed by atoms with Crippen LogP contribution in [0.1, 0.15) is 27.8 Å². The first-order valence-corrected chi connectivity index (χ1v) is 9.88. The lowest BCUT2D eigenvalue weighted by Crippen LogP contribution is -2.53. The Kier molecular flexibility index (Phi) is 9.65. The van der Waals surface area contributed by atoms with Gasteiger partial charge in [0.05, 0.1) is 12.8 Å². The second-order valence-corrected chi connectivity index (χ2v) is 6.61. The van der Waals surface area contributed by atoms with Crippen LogP contribution in [0.4, 0.5) is 0 Å². The number of piperazine rings is 1. The van der Waals surface area contributed by atoms with Crippen LogP contribution in [0.2, 0.25) is 0 Å². The third-order valence-corrected chi connectivity index (χ3v) is 4.63. The fourth-order valence-corrected chi connectivity index (χ4v) is 3.13. The van der Waals surface area contributed by atoms with Gasteiger partial charge in [0.2, 0.25) is 0 Å². The summed E-state index contributed by atoms with van der Waals surface area (Å²) in [5.41, 5.74) is 0.640. The molecular formula is C21H28IN5O3. The third-order valence-electron chi connectivity index (χ3n) is 4.63. The molecule has 0 bridgehead atoms. The molecule has 1 aromatic heterocycles. The maximum absolute atomic E-state index is 12.4. The Morgan fingerprint density at radius 1 is 1.00 bits per heavy atom. The minimum absolute atomic E-state index is 0. The average Bonchev–Trinajstić information content (AvgIpc) is 3.31. The molecule has 3 rings (SSSR count). The summed E-state index contributed by atoms with van der Waals surface area (Å²) in [5.74, 6) is 0.982. The molecule has 1 aliphatic rings. The summed E-state index contributed by atoms with van der Waals surface area (Å²) in [6.07, 6.45) is 1.51. The van der Waals surface area contributed by atoms with Gasteiger partial charge >= 0.3 is 0 Å². The highest BCUT2D eigenvalue weighted by atomic mass is 127. The van der Waals surface area contributed by atoms with Crippen molar-refractivity contribution in [1.82, 2.24) is 20.4 Å². The quantitative estimate of drug-likeness (QED) is 0.261. The highest BCUT2D eigenvalue weighted by Crippen LogP contribution is 2.09. The molecule has 1 fully saturated rings. The van der Waals surface area contributed by atoms with Gasteiger partial charge in [-0.05, 0) is 31.2 Å². The smallest absolute Gasteiger partial charge is 0.289 e. The molecule has 0 aliphatic carbocycles. The summed E-state index contributed by atoms with van der Waals surface area (Å²) in [5, 5.41) is 6.17. The molecule has 0 spiro atoms. The molecule has 1 aliphatic heterocycles. The normalized spacial score (nSPS) is 14.1. The fourth-order valence-electron chi connectivity index (χ4n) is 3.13. The molecule has 0 atom stereocenters. The van der Waals surface area contributed by atoms with Gasteiger partial charge in [0, 0.05) is 44.8 Å². The monoisotopic (exact) mass is 525 g/mol. The fraction of sp³-hybridized carbons (Fsp3) is 0.381. The zero-order chi connectivity index (χ0) is 20.5. The molecule has 2 aromatic rings. The summed E-state index contributed by atoms with van der Waals surface area (Å²) >= 11 is 0. The molecule has 2 heterocycles. The first-order chi connectivity index (χ1) is 14.2. The number of nitrogens with zero attached hydrogens (tertiary/aromatic N) is 3. The number of hydrogen-bond donors (Lipinski definition) is 2. The van der Waals surface area contributed by atoms with E-state index in [1.165, 1.54) is 6.26 Å². The van der Waals surface area contributed by atoms with Gasteiger partial charge in [-0.3, -0.25) is 14.6 Å². The van der Waals surface area contributed by atoms with E-state index in [4.69, 9.17) is 4.42 Å². The number of carbonyl (C=O) groups excluding carboxylic acids is 2. The number of rotatable bonds is 6. The molecule has 0 saturated carbocycles. The van der Waals surface area contributed by atoms with Crippen molar-refractivity contribution >= 4 is 41.8 Å². The number of nitrogens with one attached hydrogen (secondary N) is 2. The minimum Gasteiger partial charge on any atom is -0.459 e. The van der Waals surface area contributed by atoms with Crippen LogP contribution in [0.25, 0.3) is 0 Å². The van der Waals surface area contributed by atoms with E-state index >= 15 is 0 Å². The van der Waals surface area contributed by atoms with Crippen LogP contribution < -0.4 is 10.6 Å². The van der Waals surface area contributed by atoms with Gasteiger partial charge < -0.3 is 24.9 Å². The van der Waals surface area contributed by atoms with Crippen LogP contribution in [0.3, 0.4) is 0 Å². The largest absolute Gasteiger partial charge is 0.459 e. The lowest BCUT2D eigenvalue weighted by Gasteiger charge is -2.36. The molecule has 30 heavy (non-hydrogen) atoms. The second-order valence-electron chi connectivity index (χ2n) is 6.61. The van der Waals surface area contributed by atoms with Gasteiger partial charge in [-0.25, -0.2) is 0 Å². The van der Waals surface area contributed by atoms with Crippen LogP contribution in [-0.4, -0.2) is 73.4 Å². The van der Waals surface area contributed by atoms with E-state index in [2.05, 4.69) is 20.5 Å². The van der Waals surface area contributed by atoms with Gasteiger partial charge in [-0.15, -0.1) is 24.0 Å². The Morgan fingerprint density at radius 3 is 2.33 bits per heavy atom. The highest BCUT2D eigenvalue weighted by molar-refractivity contribution is 14.0. The zero-order valence-corrected chi connectivity index (χ0v) is 19.4. The Morgan fingerprint density at radius 2 is 1.70 bits per heavy atom. The van der Waals surface area contributed by atoms with Gasteiger partial charge in [0.15, 0.2) is 11.7 Å². The molecule has 8 nitrogen and oxygen atoms in total. The Hall–Kier alpha value is -2.56. The lowest BCUT2D eigenvalue weighted by atomic mass is 10.2. The Labute approximate surface area is 193 Å². The van der Waals surface area contributed by atoms with Gasteiger partial charge in [0.25, 0.3) is 11.8 Å². The number of carbonyl (C=O) groups is 2. The van der Waals surface area contributed by atoms with Crippen molar-refractivity contribution in [3.8, 4) is 0 Å². The molecule has 1 aromatic carbocycles. The van der Waals surface area contributed by atoms with Crippen LogP contribution in [0.5, 0.6) is 0 Å². The molecule has 2 N–H and O–H groups in total. The van der Waals surface area contributed by atoms with Crippen molar-refractivity contribution in [1.29, 1.82) is 0 Å². The molecule has 1 saturated heterocycles. The Balaban J connectivity index is 0.00000320. The van der Waals surface area contributed by atoms with Crippen molar-refractivity contribution in [2.24, 2.45) is 4.99 Å². The SMILES string of the molecule is CCNC(=NCCNC(=O)c1ccccc1)N1CCN(C(=O)c2ccco2)CC1.I. The minimum atomic E-state index is -0.101. The molecule has 162 valence electrons. The van der Waals surface area contributed by atoms with E-state index in [0.29, 0.717) is 50.6 Å². The topological polar surface area (TPSA) is 90.2 Å². The van der Waals surface area contributed by atoms with Crippen molar-refractivity contribution < 1.29 is 14.0 Å². The zero-order valence-electron chi connectivity index (χ0n) is 17.0. The van der Waals surface area contributed by atoms with Crippen molar-refractivity contribution in [3.05, 3.63) is 60.1 Å². The molecular weight excluding hydrogens is 497 g/mol. The highest BCUT2D eigenvalue weighted by Gasteiger charge is 2.25. The van der Waals surface area contributed by atoms with Crippen LogP contribution >= 0.6 is 24.0 Å². The summed E-state index contributed by atoms with van der Waals surface area (Å²) < 4.78 is 5.20. The van der Waals surface area contributed by atoms with Crippen molar-refractivity contribution in [3.63, 3.8) is 0 Å². The van der Waals surface area contributed by atoms with E-state index in [9.17, 15) is 9.59 Å². The van der Waals surface area contributed by atoms with Crippen molar-refractivity contribution in [2.75, 3.05) is 45.8 Å². The maximum Gasteiger partial charge on any atom is 0.289 e. The molecule has 0 unspecified atom stereocenters. The number of guanidine groups is 1. The standard InChI is InChI=1S/C21H27N5O3.HI/c1-2-22-21(24-11-10-23-19(27)17-7-4-3-5-8-17)26-14-12-25(13-15-26)20(28)18-9-6-16-29-18;/h3-9,16H,2,10-15H2,1H3,(H,22,24)(H,23,27);1H. The predicted molar refractivity (Wildman–Crippen MR) is 126 cm³/mol. The van der Waals surface area contributed by atoms with Gasteiger partial charge in [-0.2, -0.15) is 0 Å². The summed E-state index contributed by atoms with van der Waals surface area (Å²) in [6.45, 7) is 6.29. The first kappa shape index (κ1) is 23.7. The summed E-state index contributed by atoms with van der Waals surface area (Å²) in [4.78, 5) is 33.0. The van der Waals surface area contributed by atoms with E-state index in [-0.39, 0.29) is 35.8 Å². The molecule has 9 heteroatoms. The number of furan rings is 1. The maximum atomic E-state index is 12.4. The average molecular weight is 525 g/mol.